The van der Waals surface area contributed by atoms with Crippen LogP contribution in [-0.2, 0) is 4.74 Å². The zero-order chi connectivity index (χ0) is 13.2. The summed E-state index contributed by atoms with van der Waals surface area (Å²) in [6.07, 6.45) is 9.13. The number of nitrogens with one attached hydrogen (secondary N) is 1. The maximum Gasteiger partial charge on any atom is 0.0897 e. The molecular formula is C15H27NO2. The molecular weight excluding hydrogens is 226 g/mol. The van der Waals surface area contributed by atoms with E-state index in [1.807, 2.05) is 6.08 Å². The second-order valence-electron chi connectivity index (χ2n) is 5.15. The van der Waals surface area contributed by atoms with Gasteiger partial charge in [-0.3, -0.25) is 0 Å². The molecule has 3 unspecified atom stereocenters. The monoisotopic (exact) mass is 253 g/mol. The van der Waals surface area contributed by atoms with Gasteiger partial charge in [-0.1, -0.05) is 25.2 Å². The lowest BCUT2D eigenvalue weighted by Crippen LogP contribution is -2.32. The lowest BCUT2D eigenvalue weighted by atomic mass is 9.85. The van der Waals surface area contributed by atoms with Crippen LogP contribution in [0, 0.1) is 11.8 Å². The molecule has 0 aromatic carbocycles. The standard InChI is InChI=1S/C15H27NO2/c1-3-4-9-16-10-15(17)12-18-11-14-8-6-5-7-13(14)2/h3,5-6,13-17H,1,4,7-12H2,2H3. The van der Waals surface area contributed by atoms with Crippen molar-refractivity contribution in [3.8, 4) is 0 Å². The molecule has 1 aliphatic carbocycles. The number of aliphatic hydroxyl groups is 1. The molecule has 1 rings (SSSR count). The largest absolute Gasteiger partial charge is 0.389 e. The van der Waals surface area contributed by atoms with Crippen LogP contribution in [0.2, 0.25) is 0 Å². The highest BCUT2D eigenvalue weighted by atomic mass is 16.5. The first kappa shape index (κ1) is 15.4. The Bertz CT molecular complexity index is 253. The molecule has 3 atom stereocenters. The van der Waals surface area contributed by atoms with Gasteiger partial charge >= 0.3 is 0 Å². The Kier molecular flexibility index (Phi) is 7.98. The minimum atomic E-state index is -0.413. The fraction of sp³-hybridized carbons (Fsp3) is 0.733. The summed E-state index contributed by atoms with van der Waals surface area (Å²) in [6, 6.07) is 0. The molecule has 0 radical (unpaired) electrons. The lowest BCUT2D eigenvalue weighted by Gasteiger charge is -2.25. The Labute approximate surface area is 111 Å². The summed E-state index contributed by atoms with van der Waals surface area (Å²) in [5.41, 5.74) is 0. The molecule has 2 N–H and O–H groups in total. The number of hydrogen-bond acceptors (Lipinski definition) is 3. The topological polar surface area (TPSA) is 41.5 Å². The smallest absolute Gasteiger partial charge is 0.0897 e. The van der Waals surface area contributed by atoms with Crippen molar-refractivity contribution in [2.75, 3.05) is 26.3 Å². The molecule has 0 fully saturated rings. The molecule has 0 saturated carbocycles. The van der Waals surface area contributed by atoms with Crippen LogP contribution >= 0.6 is 0 Å². The Morgan fingerprint density at radius 3 is 3.00 bits per heavy atom. The first-order valence-electron chi connectivity index (χ1n) is 6.96. The third-order valence-corrected chi connectivity index (χ3v) is 3.47. The first-order valence-corrected chi connectivity index (χ1v) is 6.96. The normalized spacial score (nSPS) is 25.0. The van der Waals surface area contributed by atoms with Crippen LogP contribution in [0.15, 0.2) is 24.8 Å². The molecule has 0 bridgehead atoms. The van der Waals surface area contributed by atoms with Crippen LogP contribution in [0.4, 0.5) is 0 Å². The number of ether oxygens (including phenoxy) is 1. The van der Waals surface area contributed by atoms with E-state index in [2.05, 4.69) is 31.0 Å². The molecule has 0 spiro atoms. The predicted molar refractivity (Wildman–Crippen MR) is 75.5 cm³/mol. The van der Waals surface area contributed by atoms with E-state index >= 15 is 0 Å². The maximum absolute atomic E-state index is 9.72. The molecule has 3 nitrogen and oxygen atoms in total. The lowest BCUT2D eigenvalue weighted by molar-refractivity contribution is 0.0130. The maximum atomic E-state index is 9.72. The highest BCUT2D eigenvalue weighted by Crippen LogP contribution is 2.24. The SMILES string of the molecule is C=CCCNCC(O)COCC1CC=CCC1C. The molecule has 3 heteroatoms. The van der Waals surface area contributed by atoms with Gasteiger partial charge < -0.3 is 15.2 Å². The van der Waals surface area contributed by atoms with Gasteiger partial charge in [0.2, 0.25) is 0 Å². The van der Waals surface area contributed by atoms with Gasteiger partial charge in [0, 0.05) is 6.54 Å². The zero-order valence-corrected chi connectivity index (χ0v) is 11.5. The number of allylic oxidation sites excluding steroid dienone is 2. The van der Waals surface area contributed by atoms with Gasteiger partial charge in [0.25, 0.3) is 0 Å². The van der Waals surface area contributed by atoms with E-state index in [1.165, 1.54) is 0 Å². The third-order valence-electron chi connectivity index (χ3n) is 3.47. The van der Waals surface area contributed by atoms with Gasteiger partial charge in [-0.25, -0.2) is 0 Å². The van der Waals surface area contributed by atoms with E-state index in [0.29, 0.717) is 25.0 Å². The van der Waals surface area contributed by atoms with Crippen molar-refractivity contribution in [1.29, 1.82) is 0 Å². The Hall–Kier alpha value is -0.640. The average Bonchev–Trinajstić information content (AvgIpc) is 2.37. The summed E-state index contributed by atoms with van der Waals surface area (Å²) in [4.78, 5) is 0. The van der Waals surface area contributed by atoms with Crippen LogP contribution in [0.3, 0.4) is 0 Å². The summed E-state index contributed by atoms with van der Waals surface area (Å²) in [6.45, 7) is 8.56. The van der Waals surface area contributed by atoms with E-state index < -0.39 is 6.10 Å². The van der Waals surface area contributed by atoms with E-state index in [0.717, 1.165) is 32.4 Å². The van der Waals surface area contributed by atoms with Crippen LogP contribution in [0.5, 0.6) is 0 Å². The quantitative estimate of drug-likeness (QED) is 0.488. The minimum absolute atomic E-state index is 0.413. The first-order chi connectivity index (χ1) is 8.74. The summed E-state index contributed by atoms with van der Waals surface area (Å²) < 4.78 is 5.62. The third kappa shape index (κ3) is 6.34. The second-order valence-corrected chi connectivity index (χ2v) is 5.15. The zero-order valence-electron chi connectivity index (χ0n) is 11.5. The summed E-state index contributed by atoms with van der Waals surface area (Å²) in [5.74, 6) is 1.30. The van der Waals surface area contributed by atoms with E-state index in [-0.39, 0.29) is 0 Å². The Morgan fingerprint density at radius 1 is 1.50 bits per heavy atom. The fourth-order valence-electron chi connectivity index (χ4n) is 2.13. The van der Waals surface area contributed by atoms with E-state index in [9.17, 15) is 5.11 Å². The number of rotatable bonds is 9. The molecule has 1 aliphatic rings. The van der Waals surface area contributed by atoms with Crippen LogP contribution in [0.1, 0.15) is 26.2 Å². The van der Waals surface area contributed by atoms with Crippen LogP contribution < -0.4 is 5.32 Å². The van der Waals surface area contributed by atoms with Crippen molar-refractivity contribution < 1.29 is 9.84 Å². The number of hydrogen-bond donors (Lipinski definition) is 2. The molecule has 0 heterocycles. The second kappa shape index (κ2) is 9.31. The average molecular weight is 253 g/mol. The highest BCUT2D eigenvalue weighted by Gasteiger charge is 2.18. The molecule has 0 aromatic heterocycles. The van der Waals surface area contributed by atoms with E-state index in [1.54, 1.807) is 0 Å². The van der Waals surface area contributed by atoms with Gasteiger partial charge in [-0.2, -0.15) is 0 Å². The summed E-state index contributed by atoms with van der Waals surface area (Å²) in [7, 11) is 0. The molecule has 104 valence electrons. The molecule has 0 aromatic rings. The van der Waals surface area contributed by atoms with Crippen molar-refractivity contribution in [3.63, 3.8) is 0 Å². The van der Waals surface area contributed by atoms with Crippen LogP contribution in [0.25, 0.3) is 0 Å². The fourth-order valence-corrected chi connectivity index (χ4v) is 2.13. The van der Waals surface area contributed by atoms with Gasteiger partial charge in [-0.05, 0) is 37.6 Å². The van der Waals surface area contributed by atoms with Crippen molar-refractivity contribution in [2.45, 2.75) is 32.3 Å². The molecule has 18 heavy (non-hydrogen) atoms. The van der Waals surface area contributed by atoms with Crippen molar-refractivity contribution in [3.05, 3.63) is 24.8 Å². The molecule has 0 amide bonds. The minimum Gasteiger partial charge on any atom is -0.389 e. The van der Waals surface area contributed by atoms with Gasteiger partial charge in [0.1, 0.15) is 0 Å². The van der Waals surface area contributed by atoms with E-state index in [4.69, 9.17) is 4.74 Å². The Balaban J connectivity index is 2.02. The molecule has 0 aliphatic heterocycles. The highest BCUT2D eigenvalue weighted by molar-refractivity contribution is 4.93. The summed E-state index contributed by atoms with van der Waals surface area (Å²) >= 11 is 0. The van der Waals surface area contributed by atoms with Crippen LogP contribution in [-0.4, -0.2) is 37.5 Å². The molecule has 0 saturated heterocycles. The van der Waals surface area contributed by atoms with Crippen molar-refractivity contribution in [2.24, 2.45) is 11.8 Å². The van der Waals surface area contributed by atoms with Crippen molar-refractivity contribution in [1.82, 2.24) is 5.32 Å². The predicted octanol–water partition coefficient (Wildman–Crippen LogP) is 2.13. The van der Waals surface area contributed by atoms with Gasteiger partial charge in [0.15, 0.2) is 0 Å². The number of aliphatic hydroxyl groups excluding tert-OH is 1. The summed E-state index contributed by atoms with van der Waals surface area (Å²) in [5, 5.41) is 12.9. The van der Waals surface area contributed by atoms with Gasteiger partial charge in [0.05, 0.1) is 19.3 Å². The Morgan fingerprint density at radius 2 is 2.28 bits per heavy atom. The van der Waals surface area contributed by atoms with Gasteiger partial charge in [-0.15, -0.1) is 6.58 Å². The van der Waals surface area contributed by atoms with Crippen molar-refractivity contribution >= 4 is 0 Å².